The van der Waals surface area contributed by atoms with E-state index in [-0.39, 0.29) is 12.2 Å². The predicted molar refractivity (Wildman–Crippen MR) is 45.8 cm³/mol. The molecule has 0 spiro atoms. The topological polar surface area (TPSA) is 43.4 Å². The molecule has 70 valence electrons. The predicted octanol–water partition coefficient (Wildman–Crippen LogP) is 1.70. The summed E-state index contributed by atoms with van der Waals surface area (Å²) in [5.74, 6) is -0.596. The Bertz CT molecular complexity index is 182. The van der Waals surface area contributed by atoms with Crippen LogP contribution in [0.5, 0.6) is 0 Å². The molecule has 0 aliphatic rings. The Morgan fingerprint density at radius 3 is 2.17 bits per heavy atom. The van der Waals surface area contributed by atoms with Crippen LogP contribution in [0.15, 0.2) is 0 Å². The summed E-state index contributed by atoms with van der Waals surface area (Å²) >= 11 is 0. The third-order valence-electron chi connectivity index (χ3n) is 1.63. The van der Waals surface area contributed by atoms with E-state index in [1.54, 1.807) is 0 Å². The molecule has 0 saturated heterocycles. The molecule has 0 saturated carbocycles. The van der Waals surface area contributed by atoms with Gasteiger partial charge in [-0.3, -0.25) is 9.59 Å². The van der Waals surface area contributed by atoms with Gasteiger partial charge in [0.1, 0.15) is 17.8 Å². The fourth-order valence-corrected chi connectivity index (χ4v) is 0.620. The summed E-state index contributed by atoms with van der Waals surface area (Å²) in [6.07, 6.45) is 0.625. The van der Waals surface area contributed by atoms with Crippen LogP contribution in [0.1, 0.15) is 40.5 Å². The summed E-state index contributed by atoms with van der Waals surface area (Å²) in [5, 5.41) is 0. The van der Waals surface area contributed by atoms with E-state index in [0.29, 0.717) is 0 Å². The Labute approximate surface area is 73.1 Å². The van der Waals surface area contributed by atoms with Crippen LogP contribution in [-0.4, -0.2) is 17.4 Å². The third kappa shape index (κ3) is 4.88. The molecule has 0 N–H and O–H groups in total. The van der Waals surface area contributed by atoms with E-state index < -0.39 is 11.6 Å². The molecule has 0 atom stereocenters. The maximum Gasteiger partial charge on any atom is 0.313 e. The molecule has 3 nitrogen and oxygen atoms in total. The van der Waals surface area contributed by atoms with Gasteiger partial charge >= 0.3 is 5.97 Å². The maximum absolute atomic E-state index is 11.0. The number of carbonyl (C=O) groups excluding carboxylic acids is 2. The van der Waals surface area contributed by atoms with Gasteiger partial charge in [-0.1, -0.05) is 6.92 Å². The monoisotopic (exact) mass is 172 g/mol. The van der Waals surface area contributed by atoms with Crippen LogP contribution >= 0.6 is 0 Å². The minimum absolute atomic E-state index is 0.122. The van der Waals surface area contributed by atoms with Crippen molar-refractivity contribution in [3.63, 3.8) is 0 Å². The van der Waals surface area contributed by atoms with Gasteiger partial charge in [0.05, 0.1) is 0 Å². The minimum Gasteiger partial charge on any atom is -0.459 e. The number of esters is 1. The van der Waals surface area contributed by atoms with Gasteiger partial charge in [-0.05, 0) is 27.2 Å². The smallest absolute Gasteiger partial charge is 0.313 e. The zero-order valence-corrected chi connectivity index (χ0v) is 8.14. The van der Waals surface area contributed by atoms with Crippen LogP contribution in [0.4, 0.5) is 0 Å². The van der Waals surface area contributed by atoms with E-state index in [9.17, 15) is 9.59 Å². The Kier molecular flexibility index (Phi) is 3.93. The molecule has 0 aromatic heterocycles. The van der Waals surface area contributed by atoms with Crippen molar-refractivity contribution in [2.45, 2.75) is 46.1 Å². The van der Waals surface area contributed by atoms with Crippen molar-refractivity contribution < 1.29 is 14.3 Å². The van der Waals surface area contributed by atoms with Gasteiger partial charge in [0.2, 0.25) is 0 Å². The highest BCUT2D eigenvalue weighted by Crippen LogP contribution is 2.14. The molecule has 0 amide bonds. The Balaban J connectivity index is 3.92. The summed E-state index contributed by atoms with van der Waals surface area (Å²) in [5.41, 5.74) is -0.452. The number of hydrogen-bond donors (Lipinski definition) is 0. The zero-order valence-electron chi connectivity index (χ0n) is 8.14. The first kappa shape index (κ1) is 11.1. The second-order valence-corrected chi connectivity index (χ2v) is 3.47. The molecular weight excluding hydrogens is 156 g/mol. The van der Waals surface area contributed by atoms with Gasteiger partial charge < -0.3 is 4.74 Å². The van der Waals surface area contributed by atoms with Crippen molar-refractivity contribution in [3.8, 4) is 0 Å². The molecule has 0 aromatic rings. The average molecular weight is 172 g/mol. The van der Waals surface area contributed by atoms with Gasteiger partial charge in [0, 0.05) is 0 Å². The number of ketones is 1. The highest BCUT2D eigenvalue weighted by atomic mass is 16.6. The molecule has 0 aromatic carbocycles. The fourth-order valence-electron chi connectivity index (χ4n) is 0.620. The number of Topliss-reactive ketones (excluding diaryl/α,β-unsaturated/α-hetero) is 1. The lowest BCUT2D eigenvalue weighted by Gasteiger charge is -2.22. The summed E-state index contributed by atoms with van der Waals surface area (Å²) in [7, 11) is 0. The number of ether oxygens (including phenoxy) is 1. The lowest BCUT2D eigenvalue weighted by atomic mass is 10.1. The lowest BCUT2D eigenvalue weighted by Crippen LogP contribution is -2.27. The van der Waals surface area contributed by atoms with Gasteiger partial charge in [-0.25, -0.2) is 0 Å². The van der Waals surface area contributed by atoms with E-state index >= 15 is 0 Å². The summed E-state index contributed by atoms with van der Waals surface area (Å²) in [6.45, 7) is 6.96. The SMILES string of the molecule is CCC(C)(C)OC(=O)CC(C)=O. The molecule has 12 heavy (non-hydrogen) atoms. The van der Waals surface area contributed by atoms with Crippen LogP contribution in [0, 0.1) is 0 Å². The first-order valence-corrected chi connectivity index (χ1v) is 4.08. The third-order valence-corrected chi connectivity index (χ3v) is 1.63. The highest BCUT2D eigenvalue weighted by Gasteiger charge is 2.20. The van der Waals surface area contributed by atoms with Gasteiger partial charge in [0.15, 0.2) is 0 Å². The largest absolute Gasteiger partial charge is 0.459 e. The van der Waals surface area contributed by atoms with Gasteiger partial charge in [0.25, 0.3) is 0 Å². The Morgan fingerprint density at radius 2 is 1.83 bits per heavy atom. The van der Waals surface area contributed by atoms with Crippen LogP contribution in [0.2, 0.25) is 0 Å². The average Bonchev–Trinajstić information content (AvgIpc) is 1.84. The standard InChI is InChI=1S/C9H16O3/c1-5-9(3,4)12-8(11)6-7(2)10/h5-6H2,1-4H3. The molecule has 0 unspecified atom stereocenters. The number of hydrogen-bond acceptors (Lipinski definition) is 3. The quantitative estimate of drug-likeness (QED) is 0.479. The Morgan fingerprint density at radius 1 is 1.33 bits per heavy atom. The summed E-state index contributed by atoms with van der Waals surface area (Å²) in [6, 6.07) is 0. The number of rotatable bonds is 4. The first-order chi connectivity index (χ1) is 5.37. The lowest BCUT2D eigenvalue weighted by molar-refractivity contribution is -0.157. The minimum atomic E-state index is -0.452. The van der Waals surface area contributed by atoms with E-state index in [1.165, 1.54) is 6.92 Å². The molecule has 0 heterocycles. The normalized spacial score (nSPS) is 11.0. The van der Waals surface area contributed by atoms with Crippen molar-refractivity contribution in [2.24, 2.45) is 0 Å². The molecule has 0 aliphatic heterocycles. The van der Waals surface area contributed by atoms with Crippen molar-refractivity contribution >= 4 is 11.8 Å². The Hall–Kier alpha value is -0.860. The fraction of sp³-hybridized carbons (Fsp3) is 0.778. The van der Waals surface area contributed by atoms with Crippen molar-refractivity contribution in [3.05, 3.63) is 0 Å². The summed E-state index contributed by atoms with van der Waals surface area (Å²) in [4.78, 5) is 21.5. The van der Waals surface area contributed by atoms with E-state index in [0.717, 1.165) is 6.42 Å². The molecule has 0 bridgehead atoms. The van der Waals surface area contributed by atoms with Crippen molar-refractivity contribution in [1.29, 1.82) is 0 Å². The van der Waals surface area contributed by atoms with Crippen molar-refractivity contribution in [1.82, 2.24) is 0 Å². The van der Waals surface area contributed by atoms with Crippen LogP contribution in [0.3, 0.4) is 0 Å². The second-order valence-electron chi connectivity index (χ2n) is 3.47. The van der Waals surface area contributed by atoms with Gasteiger partial charge in [-0.15, -0.1) is 0 Å². The molecule has 0 fully saturated rings. The maximum atomic E-state index is 11.0. The van der Waals surface area contributed by atoms with E-state index in [1.807, 2.05) is 20.8 Å². The van der Waals surface area contributed by atoms with E-state index in [2.05, 4.69) is 0 Å². The zero-order chi connectivity index (χ0) is 9.78. The second kappa shape index (κ2) is 4.24. The highest BCUT2D eigenvalue weighted by molar-refractivity contribution is 5.94. The van der Waals surface area contributed by atoms with Gasteiger partial charge in [-0.2, -0.15) is 0 Å². The molecule has 0 radical (unpaired) electrons. The number of carbonyl (C=O) groups is 2. The molecule has 3 heteroatoms. The summed E-state index contributed by atoms with van der Waals surface area (Å²) < 4.78 is 5.04. The van der Waals surface area contributed by atoms with Crippen LogP contribution in [0.25, 0.3) is 0 Å². The first-order valence-electron chi connectivity index (χ1n) is 4.08. The van der Waals surface area contributed by atoms with Crippen LogP contribution in [-0.2, 0) is 14.3 Å². The van der Waals surface area contributed by atoms with E-state index in [4.69, 9.17) is 4.74 Å². The molecule has 0 aliphatic carbocycles. The molecule has 0 rings (SSSR count). The van der Waals surface area contributed by atoms with Crippen LogP contribution < -0.4 is 0 Å². The molecular formula is C9H16O3. The van der Waals surface area contributed by atoms with Crippen molar-refractivity contribution in [2.75, 3.05) is 0 Å².